The fraction of sp³-hybridized carbons (Fsp3) is 0.438. The smallest absolute Gasteiger partial charge is 0.315 e. The molecule has 1 heterocycles. The molecule has 2 rings (SSSR count). The van der Waals surface area contributed by atoms with Crippen LogP contribution >= 0.6 is 11.6 Å². The Morgan fingerprint density at radius 3 is 2.87 bits per heavy atom. The molecule has 0 fully saturated rings. The predicted molar refractivity (Wildman–Crippen MR) is 91.9 cm³/mol. The average Bonchev–Trinajstić information content (AvgIpc) is 2.50. The second kappa shape index (κ2) is 7.46. The molecule has 0 aliphatic carbocycles. The minimum absolute atomic E-state index is 0.165. The lowest BCUT2D eigenvalue weighted by atomic mass is 10.2. The Balaban J connectivity index is 2.26. The number of hydrogen-bond donors (Lipinski definition) is 2. The van der Waals surface area contributed by atoms with Crippen molar-refractivity contribution >= 4 is 28.5 Å². The highest BCUT2D eigenvalue weighted by atomic mass is 35.5. The fourth-order valence-electron chi connectivity index (χ4n) is 2.34. The molecule has 1 atom stereocenters. The Hall–Kier alpha value is -2.08. The van der Waals surface area contributed by atoms with Crippen LogP contribution in [0.4, 0.5) is 4.79 Å². The van der Waals surface area contributed by atoms with Crippen LogP contribution in [0.15, 0.2) is 23.0 Å². The highest BCUT2D eigenvalue weighted by molar-refractivity contribution is 6.31. The zero-order valence-corrected chi connectivity index (χ0v) is 14.3. The number of amides is 2. The van der Waals surface area contributed by atoms with E-state index in [9.17, 15) is 9.59 Å². The number of halogens is 1. The van der Waals surface area contributed by atoms with Gasteiger partial charge in [0.25, 0.3) is 5.56 Å². The van der Waals surface area contributed by atoms with Crippen molar-refractivity contribution in [2.24, 2.45) is 7.05 Å². The Morgan fingerprint density at radius 1 is 1.43 bits per heavy atom. The van der Waals surface area contributed by atoms with Crippen molar-refractivity contribution in [2.45, 2.75) is 32.7 Å². The van der Waals surface area contributed by atoms with Crippen LogP contribution in [-0.4, -0.2) is 22.1 Å². The molecule has 2 aromatic rings. The largest absolute Gasteiger partial charge is 0.338 e. The molecule has 7 heteroatoms. The Bertz CT molecular complexity index is 772. The summed E-state index contributed by atoms with van der Waals surface area (Å²) in [6.45, 7) is 4.47. The van der Waals surface area contributed by atoms with Crippen molar-refractivity contribution < 1.29 is 4.79 Å². The van der Waals surface area contributed by atoms with Gasteiger partial charge >= 0.3 is 6.03 Å². The van der Waals surface area contributed by atoms with Crippen molar-refractivity contribution in [3.63, 3.8) is 0 Å². The number of nitrogens with one attached hydrogen (secondary N) is 2. The molecule has 1 aromatic heterocycles. The Kier molecular flexibility index (Phi) is 5.60. The van der Waals surface area contributed by atoms with Gasteiger partial charge in [-0.25, -0.2) is 9.78 Å². The fourth-order valence-corrected chi connectivity index (χ4v) is 2.51. The maximum Gasteiger partial charge on any atom is 0.315 e. The summed E-state index contributed by atoms with van der Waals surface area (Å²) in [5, 5.41) is 6.59. The predicted octanol–water partition coefficient (Wildman–Crippen LogP) is 2.75. The minimum Gasteiger partial charge on any atom is -0.338 e. The van der Waals surface area contributed by atoms with Crippen LogP contribution in [0, 0.1) is 0 Å². The molecule has 1 aromatic carbocycles. The standard InChI is InChI=1S/C16H21ClN4O2/c1-4-5-8-18-16(23)19-10(2)14-20-13-9-11(17)6-7-12(13)15(22)21(14)3/h6-7,9-10H,4-5,8H2,1-3H3,(H2,18,19,23)/t10-/m1/s1. The third-order valence-corrected chi connectivity index (χ3v) is 3.86. The van der Waals surface area contributed by atoms with Gasteiger partial charge in [0, 0.05) is 18.6 Å². The van der Waals surface area contributed by atoms with Gasteiger partial charge in [0.05, 0.1) is 16.9 Å². The molecule has 6 nitrogen and oxygen atoms in total. The molecule has 23 heavy (non-hydrogen) atoms. The highest BCUT2D eigenvalue weighted by Crippen LogP contribution is 2.17. The normalized spacial score (nSPS) is 12.2. The molecule has 0 aliphatic rings. The molecule has 0 bridgehead atoms. The number of hydrogen-bond acceptors (Lipinski definition) is 3. The molecule has 0 unspecified atom stereocenters. The molecule has 0 aliphatic heterocycles. The van der Waals surface area contributed by atoms with Gasteiger partial charge in [-0.15, -0.1) is 0 Å². The van der Waals surface area contributed by atoms with E-state index in [0.29, 0.717) is 28.3 Å². The van der Waals surface area contributed by atoms with E-state index < -0.39 is 6.04 Å². The Morgan fingerprint density at radius 2 is 2.17 bits per heavy atom. The van der Waals surface area contributed by atoms with E-state index in [0.717, 1.165) is 12.8 Å². The van der Waals surface area contributed by atoms with Gasteiger partial charge in [0.2, 0.25) is 0 Å². The van der Waals surface area contributed by atoms with Crippen LogP contribution < -0.4 is 16.2 Å². The quantitative estimate of drug-likeness (QED) is 0.824. The first-order valence-corrected chi connectivity index (χ1v) is 8.02. The first-order chi connectivity index (χ1) is 10.9. The summed E-state index contributed by atoms with van der Waals surface area (Å²) in [6.07, 6.45) is 1.93. The second-order valence-corrected chi connectivity index (χ2v) is 5.91. The number of urea groups is 1. The van der Waals surface area contributed by atoms with E-state index in [2.05, 4.69) is 22.5 Å². The van der Waals surface area contributed by atoms with Gasteiger partial charge < -0.3 is 10.6 Å². The number of unbranched alkanes of at least 4 members (excludes halogenated alkanes) is 1. The first kappa shape index (κ1) is 17.3. The number of carbonyl (C=O) groups excluding carboxylic acids is 1. The van der Waals surface area contributed by atoms with Gasteiger partial charge in [-0.3, -0.25) is 9.36 Å². The second-order valence-electron chi connectivity index (χ2n) is 5.47. The van der Waals surface area contributed by atoms with Crippen molar-refractivity contribution in [1.29, 1.82) is 0 Å². The summed E-state index contributed by atoms with van der Waals surface area (Å²) in [6, 6.07) is 4.29. The topological polar surface area (TPSA) is 76.0 Å². The summed E-state index contributed by atoms with van der Waals surface area (Å²) in [7, 11) is 1.64. The van der Waals surface area contributed by atoms with Crippen LogP contribution in [0.25, 0.3) is 10.9 Å². The van der Waals surface area contributed by atoms with E-state index in [1.807, 2.05) is 0 Å². The van der Waals surface area contributed by atoms with Crippen molar-refractivity contribution in [2.75, 3.05) is 6.54 Å². The van der Waals surface area contributed by atoms with Crippen LogP contribution in [0.3, 0.4) is 0 Å². The number of rotatable bonds is 5. The van der Waals surface area contributed by atoms with E-state index in [1.165, 1.54) is 4.57 Å². The van der Waals surface area contributed by atoms with Crippen LogP contribution in [0.1, 0.15) is 38.6 Å². The monoisotopic (exact) mass is 336 g/mol. The SMILES string of the molecule is CCCCNC(=O)N[C@H](C)c1nc2cc(Cl)ccc2c(=O)n1C. The first-order valence-electron chi connectivity index (χ1n) is 7.64. The van der Waals surface area contributed by atoms with Gasteiger partial charge in [-0.05, 0) is 31.5 Å². The molecule has 0 radical (unpaired) electrons. The van der Waals surface area contributed by atoms with Crippen LogP contribution in [0.2, 0.25) is 5.02 Å². The summed E-state index contributed by atoms with van der Waals surface area (Å²) in [5.74, 6) is 0.482. The summed E-state index contributed by atoms with van der Waals surface area (Å²) < 4.78 is 1.45. The number of benzene rings is 1. The molecular weight excluding hydrogens is 316 g/mol. The van der Waals surface area contributed by atoms with Crippen molar-refractivity contribution in [3.8, 4) is 0 Å². The molecule has 2 N–H and O–H groups in total. The lowest BCUT2D eigenvalue weighted by molar-refractivity contribution is 0.237. The van der Waals surface area contributed by atoms with Gasteiger partial charge in [-0.1, -0.05) is 24.9 Å². The maximum atomic E-state index is 12.4. The lowest BCUT2D eigenvalue weighted by Gasteiger charge is -2.17. The third kappa shape index (κ3) is 4.01. The lowest BCUT2D eigenvalue weighted by Crippen LogP contribution is -2.39. The van der Waals surface area contributed by atoms with E-state index in [1.54, 1.807) is 32.2 Å². The molecule has 2 amide bonds. The molecule has 0 saturated carbocycles. The Labute approximate surface area is 139 Å². The zero-order valence-electron chi connectivity index (χ0n) is 13.5. The van der Waals surface area contributed by atoms with Crippen LogP contribution in [0.5, 0.6) is 0 Å². The summed E-state index contributed by atoms with van der Waals surface area (Å²) >= 11 is 5.97. The average molecular weight is 337 g/mol. The van der Waals surface area contributed by atoms with E-state index in [-0.39, 0.29) is 11.6 Å². The van der Waals surface area contributed by atoms with Gasteiger partial charge in [0.1, 0.15) is 5.82 Å². The molecule has 0 spiro atoms. The number of fused-ring (bicyclic) bond motifs is 1. The molecular formula is C16H21ClN4O2. The number of aromatic nitrogens is 2. The summed E-state index contributed by atoms with van der Waals surface area (Å²) in [4.78, 5) is 28.8. The third-order valence-electron chi connectivity index (χ3n) is 3.62. The van der Waals surface area contributed by atoms with Crippen molar-refractivity contribution in [1.82, 2.24) is 20.2 Å². The van der Waals surface area contributed by atoms with E-state index in [4.69, 9.17) is 11.6 Å². The van der Waals surface area contributed by atoms with E-state index >= 15 is 0 Å². The van der Waals surface area contributed by atoms with Crippen molar-refractivity contribution in [3.05, 3.63) is 39.4 Å². The van der Waals surface area contributed by atoms with Gasteiger partial charge in [0.15, 0.2) is 0 Å². The minimum atomic E-state index is -0.405. The number of carbonyl (C=O) groups is 1. The number of nitrogens with zero attached hydrogens (tertiary/aromatic N) is 2. The summed E-state index contributed by atoms with van der Waals surface area (Å²) in [5.41, 5.74) is 0.359. The zero-order chi connectivity index (χ0) is 17.0. The van der Waals surface area contributed by atoms with Gasteiger partial charge in [-0.2, -0.15) is 0 Å². The maximum absolute atomic E-state index is 12.4. The molecule has 124 valence electrons. The van der Waals surface area contributed by atoms with Crippen LogP contribution in [-0.2, 0) is 7.05 Å². The highest BCUT2D eigenvalue weighted by Gasteiger charge is 2.16. The molecule has 0 saturated heterocycles.